The number of aromatic amines is 1. The van der Waals surface area contributed by atoms with Crippen LogP contribution in [0.4, 0.5) is 11.5 Å². The third kappa shape index (κ3) is 3.71. The third-order valence-corrected chi connectivity index (χ3v) is 5.96. The minimum absolute atomic E-state index is 0.0616. The Kier molecular flexibility index (Phi) is 5.19. The third-order valence-electron chi connectivity index (χ3n) is 5.96. The summed E-state index contributed by atoms with van der Waals surface area (Å²) in [5.41, 5.74) is 7.04. The van der Waals surface area contributed by atoms with E-state index in [1.807, 2.05) is 68.4 Å². The highest BCUT2D eigenvalue weighted by atomic mass is 16.1. The molecule has 7 heteroatoms. The van der Waals surface area contributed by atoms with Gasteiger partial charge in [-0.05, 0) is 55.3 Å². The van der Waals surface area contributed by atoms with Crippen molar-refractivity contribution in [3.63, 3.8) is 0 Å². The van der Waals surface area contributed by atoms with Gasteiger partial charge in [0.2, 0.25) is 0 Å². The summed E-state index contributed by atoms with van der Waals surface area (Å²) in [5.74, 6) is 0.614. The van der Waals surface area contributed by atoms with E-state index in [0.29, 0.717) is 16.9 Å². The lowest BCUT2D eigenvalue weighted by Crippen LogP contribution is -2.19. The number of aryl methyl sites for hydroxylation is 3. The van der Waals surface area contributed by atoms with Crippen LogP contribution in [0.1, 0.15) is 16.8 Å². The minimum Gasteiger partial charge on any atom is -0.339 e. The Morgan fingerprint density at radius 3 is 2.65 bits per heavy atom. The van der Waals surface area contributed by atoms with E-state index in [4.69, 9.17) is 0 Å². The molecule has 2 aromatic carbocycles. The fraction of sp³-hybridized carbons (Fsp3) is 0.111. The number of hydrogen-bond donors (Lipinski definition) is 2. The maximum atomic E-state index is 13.2. The van der Waals surface area contributed by atoms with Crippen LogP contribution in [0, 0.1) is 25.2 Å². The molecule has 0 aliphatic rings. The molecule has 2 N–H and O–H groups in total. The Morgan fingerprint density at radius 2 is 1.82 bits per heavy atom. The molecule has 5 rings (SSSR count). The summed E-state index contributed by atoms with van der Waals surface area (Å²) in [4.78, 5) is 17.6. The van der Waals surface area contributed by atoms with Crippen molar-refractivity contribution in [1.82, 2.24) is 19.7 Å². The van der Waals surface area contributed by atoms with E-state index in [1.54, 1.807) is 23.9 Å². The SMILES string of the molecule is Cc1cc2c(cn1)cc(-c1cc(Nc3cc(-c4ccccc4C#N)[nH]n3)ccc1C)c(=O)n2C. The van der Waals surface area contributed by atoms with Gasteiger partial charge in [0.15, 0.2) is 5.82 Å². The number of anilines is 2. The summed E-state index contributed by atoms with van der Waals surface area (Å²) in [6.07, 6.45) is 1.80. The van der Waals surface area contributed by atoms with Crippen LogP contribution in [-0.2, 0) is 7.05 Å². The van der Waals surface area contributed by atoms with Gasteiger partial charge in [-0.25, -0.2) is 0 Å². The maximum absolute atomic E-state index is 13.2. The van der Waals surface area contributed by atoms with Crippen LogP contribution < -0.4 is 10.9 Å². The Balaban J connectivity index is 1.52. The molecule has 0 fully saturated rings. The molecule has 0 amide bonds. The summed E-state index contributed by atoms with van der Waals surface area (Å²) in [6, 6.07) is 21.2. The van der Waals surface area contributed by atoms with E-state index in [1.165, 1.54) is 0 Å². The van der Waals surface area contributed by atoms with Crippen molar-refractivity contribution in [2.24, 2.45) is 7.05 Å². The summed E-state index contributed by atoms with van der Waals surface area (Å²) in [5, 5.41) is 20.9. The quantitative estimate of drug-likeness (QED) is 0.394. The summed E-state index contributed by atoms with van der Waals surface area (Å²) in [7, 11) is 1.79. The van der Waals surface area contributed by atoms with E-state index in [9.17, 15) is 10.1 Å². The lowest BCUT2D eigenvalue weighted by Gasteiger charge is -2.13. The highest BCUT2D eigenvalue weighted by Gasteiger charge is 2.13. The van der Waals surface area contributed by atoms with Crippen molar-refractivity contribution in [1.29, 1.82) is 5.26 Å². The highest BCUT2D eigenvalue weighted by molar-refractivity contribution is 5.85. The van der Waals surface area contributed by atoms with Crippen molar-refractivity contribution in [3.8, 4) is 28.5 Å². The van der Waals surface area contributed by atoms with E-state index in [2.05, 4.69) is 26.6 Å². The van der Waals surface area contributed by atoms with Crippen molar-refractivity contribution in [3.05, 3.63) is 94.0 Å². The van der Waals surface area contributed by atoms with E-state index < -0.39 is 0 Å². The van der Waals surface area contributed by atoms with E-state index in [-0.39, 0.29) is 5.56 Å². The molecule has 0 saturated carbocycles. The lowest BCUT2D eigenvalue weighted by atomic mass is 9.99. The average Bonchev–Trinajstić information content (AvgIpc) is 3.31. The number of H-pyrrole nitrogens is 1. The fourth-order valence-corrected chi connectivity index (χ4v) is 4.13. The number of aromatic nitrogens is 4. The number of nitriles is 1. The van der Waals surface area contributed by atoms with E-state index in [0.717, 1.165) is 44.7 Å². The summed E-state index contributed by atoms with van der Waals surface area (Å²) >= 11 is 0. The Hall–Kier alpha value is -4.70. The minimum atomic E-state index is -0.0616. The van der Waals surface area contributed by atoms with Gasteiger partial charge in [-0.2, -0.15) is 10.4 Å². The molecule has 0 aliphatic carbocycles. The van der Waals surface area contributed by atoms with Crippen molar-refractivity contribution in [2.45, 2.75) is 13.8 Å². The molecular formula is C27H22N6O. The molecule has 3 heterocycles. The average molecular weight is 447 g/mol. The first-order valence-corrected chi connectivity index (χ1v) is 10.8. The molecular weight excluding hydrogens is 424 g/mol. The van der Waals surface area contributed by atoms with Crippen LogP contribution in [0.3, 0.4) is 0 Å². The van der Waals surface area contributed by atoms with Gasteiger partial charge in [-0.3, -0.25) is 14.9 Å². The molecule has 0 saturated heterocycles. The van der Waals surface area contributed by atoms with Crippen molar-refractivity contribution < 1.29 is 0 Å². The van der Waals surface area contributed by atoms with Gasteiger partial charge in [0.25, 0.3) is 5.56 Å². The number of pyridine rings is 2. The monoisotopic (exact) mass is 446 g/mol. The van der Waals surface area contributed by atoms with Crippen molar-refractivity contribution in [2.75, 3.05) is 5.32 Å². The number of fused-ring (bicyclic) bond motifs is 1. The van der Waals surface area contributed by atoms with Gasteiger partial charge in [0.05, 0.1) is 22.8 Å². The molecule has 0 radical (unpaired) electrons. The first-order valence-electron chi connectivity index (χ1n) is 10.8. The molecule has 3 aromatic heterocycles. The normalized spacial score (nSPS) is 10.9. The zero-order valence-electron chi connectivity index (χ0n) is 19.0. The second-order valence-corrected chi connectivity index (χ2v) is 8.29. The van der Waals surface area contributed by atoms with Crippen LogP contribution in [-0.4, -0.2) is 19.7 Å². The number of nitrogens with one attached hydrogen (secondary N) is 2. The first kappa shape index (κ1) is 21.2. The standard InChI is InChI=1S/C27H22N6O/c1-16-8-9-20(30-26-13-24(31-32-26)21-7-5-4-6-18(21)14-28)12-22(16)23-11-19-15-29-17(2)10-25(19)33(3)27(23)34/h4-13,15H,1-3H3,(H2,30,31,32). The van der Waals surface area contributed by atoms with Crippen LogP contribution >= 0.6 is 0 Å². The molecule has 5 aromatic rings. The highest BCUT2D eigenvalue weighted by Crippen LogP contribution is 2.29. The fourth-order valence-electron chi connectivity index (χ4n) is 4.13. The van der Waals surface area contributed by atoms with Crippen LogP contribution in [0.15, 0.2) is 71.7 Å². The molecule has 0 unspecified atom stereocenters. The van der Waals surface area contributed by atoms with Crippen LogP contribution in [0.2, 0.25) is 0 Å². The van der Waals surface area contributed by atoms with Gasteiger partial charge < -0.3 is 9.88 Å². The van der Waals surface area contributed by atoms with Gasteiger partial charge in [-0.15, -0.1) is 0 Å². The smallest absolute Gasteiger partial charge is 0.258 e. The number of rotatable bonds is 4. The second-order valence-electron chi connectivity index (χ2n) is 8.29. The zero-order chi connectivity index (χ0) is 23.8. The van der Waals surface area contributed by atoms with Gasteiger partial charge in [-0.1, -0.05) is 24.3 Å². The zero-order valence-corrected chi connectivity index (χ0v) is 19.0. The second kappa shape index (κ2) is 8.34. The van der Waals surface area contributed by atoms with Gasteiger partial charge in [0.1, 0.15) is 0 Å². The number of nitrogens with zero attached hydrogens (tertiary/aromatic N) is 4. The molecule has 34 heavy (non-hydrogen) atoms. The molecule has 166 valence electrons. The molecule has 0 bridgehead atoms. The first-order chi connectivity index (χ1) is 16.4. The van der Waals surface area contributed by atoms with Crippen molar-refractivity contribution >= 4 is 22.4 Å². The van der Waals surface area contributed by atoms with Crippen LogP contribution in [0.25, 0.3) is 33.3 Å². The van der Waals surface area contributed by atoms with Gasteiger partial charge >= 0.3 is 0 Å². The van der Waals surface area contributed by atoms with E-state index >= 15 is 0 Å². The predicted molar refractivity (Wildman–Crippen MR) is 134 cm³/mol. The molecule has 0 atom stereocenters. The Bertz CT molecular complexity index is 1650. The predicted octanol–water partition coefficient (Wildman–Crippen LogP) is 5.22. The Morgan fingerprint density at radius 1 is 1.00 bits per heavy atom. The lowest BCUT2D eigenvalue weighted by molar-refractivity contribution is 0.905. The summed E-state index contributed by atoms with van der Waals surface area (Å²) in [6.45, 7) is 3.90. The number of benzene rings is 2. The topological polar surface area (TPSA) is 99.4 Å². The molecule has 0 aliphatic heterocycles. The largest absolute Gasteiger partial charge is 0.339 e. The molecule has 0 spiro atoms. The summed E-state index contributed by atoms with van der Waals surface area (Å²) < 4.78 is 1.67. The Labute approximate surface area is 196 Å². The van der Waals surface area contributed by atoms with Gasteiger partial charge in [0, 0.05) is 47.2 Å². The number of hydrogen-bond acceptors (Lipinski definition) is 5. The molecule has 7 nitrogen and oxygen atoms in total. The maximum Gasteiger partial charge on any atom is 0.258 e. The van der Waals surface area contributed by atoms with Crippen LogP contribution in [0.5, 0.6) is 0 Å².